The lowest BCUT2D eigenvalue weighted by atomic mass is 10.4. The van der Waals surface area contributed by atoms with Crippen molar-refractivity contribution < 1.29 is 0 Å². The smallest absolute Gasteiger partial charge is 0.130 e. The Balaban J connectivity index is 2.36. The SMILES string of the molecule is C/C=C/CCNc1cc(Br)ncn1. The van der Waals surface area contributed by atoms with Crippen LogP contribution in [-0.4, -0.2) is 16.5 Å². The van der Waals surface area contributed by atoms with E-state index in [1.807, 2.05) is 19.1 Å². The van der Waals surface area contributed by atoms with Crippen LogP contribution in [0.2, 0.25) is 0 Å². The fourth-order valence-corrected chi connectivity index (χ4v) is 1.19. The zero-order chi connectivity index (χ0) is 9.52. The highest BCUT2D eigenvalue weighted by atomic mass is 79.9. The normalized spacial score (nSPS) is 10.6. The van der Waals surface area contributed by atoms with Crippen molar-refractivity contribution in [1.82, 2.24) is 9.97 Å². The lowest BCUT2D eigenvalue weighted by Gasteiger charge is -2.02. The van der Waals surface area contributed by atoms with Gasteiger partial charge in [0.05, 0.1) is 0 Å². The minimum atomic E-state index is 0.802. The molecule has 0 saturated carbocycles. The van der Waals surface area contributed by atoms with E-state index in [-0.39, 0.29) is 0 Å². The van der Waals surface area contributed by atoms with Crippen molar-refractivity contribution in [3.63, 3.8) is 0 Å². The van der Waals surface area contributed by atoms with E-state index >= 15 is 0 Å². The van der Waals surface area contributed by atoms with Crippen LogP contribution in [0.15, 0.2) is 29.1 Å². The van der Waals surface area contributed by atoms with E-state index in [4.69, 9.17) is 0 Å². The molecule has 0 aliphatic heterocycles. The summed E-state index contributed by atoms with van der Waals surface area (Å²) in [4.78, 5) is 8.00. The fourth-order valence-electron chi connectivity index (χ4n) is 0.880. The molecular weight excluding hydrogens is 230 g/mol. The van der Waals surface area contributed by atoms with Crippen LogP contribution in [0.3, 0.4) is 0 Å². The van der Waals surface area contributed by atoms with E-state index in [2.05, 4.69) is 37.3 Å². The van der Waals surface area contributed by atoms with E-state index < -0.39 is 0 Å². The van der Waals surface area contributed by atoms with Gasteiger partial charge in [-0.1, -0.05) is 12.2 Å². The van der Waals surface area contributed by atoms with E-state index in [0.29, 0.717) is 0 Å². The Hall–Kier alpha value is -0.900. The summed E-state index contributed by atoms with van der Waals surface area (Å²) in [6, 6.07) is 1.86. The zero-order valence-corrected chi connectivity index (χ0v) is 9.08. The lowest BCUT2D eigenvalue weighted by molar-refractivity contribution is 1.03. The number of nitrogens with one attached hydrogen (secondary N) is 1. The van der Waals surface area contributed by atoms with Crippen molar-refractivity contribution in [2.75, 3.05) is 11.9 Å². The molecule has 0 amide bonds. The molecule has 1 rings (SSSR count). The number of anilines is 1. The summed E-state index contributed by atoms with van der Waals surface area (Å²) in [7, 11) is 0. The van der Waals surface area contributed by atoms with Crippen molar-refractivity contribution in [2.24, 2.45) is 0 Å². The van der Waals surface area contributed by atoms with Crippen molar-refractivity contribution in [3.05, 3.63) is 29.1 Å². The molecule has 13 heavy (non-hydrogen) atoms. The van der Waals surface area contributed by atoms with Gasteiger partial charge in [0.25, 0.3) is 0 Å². The number of nitrogens with zero attached hydrogens (tertiary/aromatic N) is 2. The first kappa shape index (κ1) is 10.2. The molecule has 0 aromatic carbocycles. The predicted octanol–water partition coefficient (Wildman–Crippen LogP) is 2.62. The Morgan fingerprint density at radius 2 is 2.38 bits per heavy atom. The van der Waals surface area contributed by atoms with Crippen LogP contribution in [0.4, 0.5) is 5.82 Å². The van der Waals surface area contributed by atoms with Gasteiger partial charge in [0.2, 0.25) is 0 Å². The van der Waals surface area contributed by atoms with Gasteiger partial charge >= 0.3 is 0 Å². The summed E-state index contributed by atoms with van der Waals surface area (Å²) in [5.41, 5.74) is 0. The molecule has 1 N–H and O–H groups in total. The van der Waals surface area contributed by atoms with Crippen LogP contribution < -0.4 is 5.32 Å². The Morgan fingerprint density at radius 3 is 3.08 bits per heavy atom. The quantitative estimate of drug-likeness (QED) is 0.501. The van der Waals surface area contributed by atoms with E-state index in [0.717, 1.165) is 23.4 Å². The second-order valence-corrected chi connectivity index (χ2v) is 3.32. The summed E-state index contributed by atoms with van der Waals surface area (Å²) < 4.78 is 0.802. The Labute approximate surface area is 86.4 Å². The number of hydrogen-bond donors (Lipinski definition) is 1. The van der Waals surface area contributed by atoms with Crippen molar-refractivity contribution in [3.8, 4) is 0 Å². The van der Waals surface area contributed by atoms with E-state index in [9.17, 15) is 0 Å². The average molecular weight is 242 g/mol. The number of hydrogen-bond acceptors (Lipinski definition) is 3. The molecule has 0 unspecified atom stereocenters. The molecule has 4 heteroatoms. The van der Waals surface area contributed by atoms with Crippen LogP contribution in [-0.2, 0) is 0 Å². The second-order valence-electron chi connectivity index (χ2n) is 2.51. The molecule has 70 valence electrons. The highest BCUT2D eigenvalue weighted by Crippen LogP contribution is 2.08. The first-order valence-corrected chi connectivity index (χ1v) is 4.95. The number of aromatic nitrogens is 2. The Bertz CT molecular complexity index is 286. The maximum absolute atomic E-state index is 4.06. The van der Waals surface area contributed by atoms with Crippen molar-refractivity contribution in [2.45, 2.75) is 13.3 Å². The topological polar surface area (TPSA) is 37.8 Å². The average Bonchev–Trinajstić information content (AvgIpc) is 2.13. The standard InChI is InChI=1S/C9H12BrN3/c1-2-3-4-5-11-9-6-8(10)12-7-13-9/h2-3,6-7H,4-5H2,1H3,(H,11,12,13)/b3-2+. The minimum absolute atomic E-state index is 0.802. The van der Waals surface area contributed by atoms with Gasteiger partial charge in [0, 0.05) is 12.6 Å². The predicted molar refractivity (Wildman–Crippen MR) is 57.7 cm³/mol. The molecule has 0 saturated heterocycles. The van der Waals surface area contributed by atoms with Gasteiger partial charge in [-0.05, 0) is 29.3 Å². The van der Waals surface area contributed by atoms with Gasteiger partial charge in [0.1, 0.15) is 16.7 Å². The Kier molecular flexibility index (Phi) is 4.46. The van der Waals surface area contributed by atoms with Crippen molar-refractivity contribution in [1.29, 1.82) is 0 Å². The van der Waals surface area contributed by atoms with Crippen LogP contribution in [0, 0.1) is 0 Å². The third kappa shape index (κ3) is 4.03. The van der Waals surface area contributed by atoms with E-state index in [1.54, 1.807) is 0 Å². The van der Waals surface area contributed by atoms with Crippen LogP contribution >= 0.6 is 15.9 Å². The molecule has 0 radical (unpaired) electrons. The molecule has 0 bridgehead atoms. The molecular formula is C9H12BrN3. The molecule has 0 aliphatic carbocycles. The third-order valence-electron chi connectivity index (χ3n) is 1.49. The highest BCUT2D eigenvalue weighted by molar-refractivity contribution is 9.10. The molecule has 1 aromatic heterocycles. The van der Waals surface area contributed by atoms with Crippen LogP contribution in [0.25, 0.3) is 0 Å². The molecule has 1 heterocycles. The summed E-state index contributed by atoms with van der Waals surface area (Å²) >= 11 is 3.28. The maximum atomic E-state index is 4.06. The second kappa shape index (κ2) is 5.70. The zero-order valence-electron chi connectivity index (χ0n) is 7.50. The van der Waals surface area contributed by atoms with Gasteiger partial charge < -0.3 is 5.32 Å². The molecule has 1 aromatic rings. The maximum Gasteiger partial charge on any atom is 0.130 e. The van der Waals surface area contributed by atoms with Crippen LogP contribution in [0.5, 0.6) is 0 Å². The van der Waals surface area contributed by atoms with Gasteiger partial charge in [-0.25, -0.2) is 9.97 Å². The van der Waals surface area contributed by atoms with Crippen molar-refractivity contribution >= 4 is 21.7 Å². The largest absolute Gasteiger partial charge is 0.370 e. The number of halogens is 1. The van der Waals surface area contributed by atoms with Gasteiger partial charge in [-0.3, -0.25) is 0 Å². The molecule has 0 fully saturated rings. The third-order valence-corrected chi connectivity index (χ3v) is 1.92. The first-order valence-electron chi connectivity index (χ1n) is 4.15. The Morgan fingerprint density at radius 1 is 1.54 bits per heavy atom. The van der Waals surface area contributed by atoms with E-state index in [1.165, 1.54) is 6.33 Å². The monoisotopic (exact) mass is 241 g/mol. The minimum Gasteiger partial charge on any atom is -0.370 e. The highest BCUT2D eigenvalue weighted by Gasteiger charge is 1.93. The molecule has 0 spiro atoms. The first-order chi connectivity index (χ1) is 6.33. The molecule has 0 atom stereocenters. The van der Waals surface area contributed by atoms with Gasteiger partial charge in [-0.2, -0.15) is 0 Å². The van der Waals surface area contributed by atoms with Crippen LogP contribution in [0.1, 0.15) is 13.3 Å². The lowest BCUT2D eigenvalue weighted by Crippen LogP contribution is -2.02. The number of rotatable bonds is 4. The molecule has 0 aliphatic rings. The van der Waals surface area contributed by atoms with Gasteiger partial charge in [-0.15, -0.1) is 0 Å². The molecule has 3 nitrogen and oxygen atoms in total. The number of allylic oxidation sites excluding steroid dienone is 1. The summed E-state index contributed by atoms with van der Waals surface area (Å²) in [6.45, 7) is 2.91. The summed E-state index contributed by atoms with van der Waals surface area (Å²) in [5, 5.41) is 3.19. The van der Waals surface area contributed by atoms with Gasteiger partial charge in [0.15, 0.2) is 0 Å². The summed E-state index contributed by atoms with van der Waals surface area (Å²) in [5.74, 6) is 0.853. The fraction of sp³-hybridized carbons (Fsp3) is 0.333. The summed E-state index contributed by atoms with van der Waals surface area (Å²) in [6.07, 6.45) is 6.70.